The van der Waals surface area contributed by atoms with Crippen LogP contribution < -0.4 is 0 Å². The molecule has 2 aromatic carbocycles. The van der Waals surface area contributed by atoms with Crippen LogP contribution in [-0.2, 0) is 11.8 Å². The van der Waals surface area contributed by atoms with Gasteiger partial charge in [-0.1, -0.05) is 18.2 Å². The van der Waals surface area contributed by atoms with Crippen LogP contribution in [0.15, 0.2) is 42.5 Å². The van der Waals surface area contributed by atoms with Crippen LogP contribution in [-0.4, -0.2) is 11.8 Å². The fourth-order valence-electron chi connectivity index (χ4n) is 2.36. The average Bonchev–Trinajstić information content (AvgIpc) is 2.44. The quantitative estimate of drug-likeness (QED) is 0.671. The first-order valence-electron chi connectivity index (χ1n) is 6.33. The molecule has 0 saturated heterocycles. The van der Waals surface area contributed by atoms with Gasteiger partial charge in [0.15, 0.2) is 0 Å². The van der Waals surface area contributed by atoms with Crippen molar-refractivity contribution in [1.29, 1.82) is 0 Å². The largest absolute Gasteiger partial charge is 0.207 e. The van der Waals surface area contributed by atoms with E-state index in [9.17, 15) is 13.2 Å². The van der Waals surface area contributed by atoms with Gasteiger partial charge < -0.3 is 0 Å². The molecule has 0 aliphatic rings. The minimum Gasteiger partial charge on any atom is -0.207 e. The Kier molecular flexibility index (Phi) is 5.17. The first-order chi connectivity index (χ1) is 10.0. The zero-order valence-electron chi connectivity index (χ0n) is 11.1. The molecule has 2 aromatic rings. The molecule has 0 fully saturated rings. The fourth-order valence-corrected chi connectivity index (χ4v) is 3.13. The summed E-state index contributed by atoms with van der Waals surface area (Å²) in [6, 6.07) is 9.35. The molecule has 112 valence electrons. The van der Waals surface area contributed by atoms with E-state index in [1.165, 1.54) is 18.2 Å². The van der Waals surface area contributed by atoms with Crippen molar-refractivity contribution in [2.45, 2.75) is 11.8 Å². The van der Waals surface area contributed by atoms with Gasteiger partial charge in [0.2, 0.25) is 0 Å². The van der Waals surface area contributed by atoms with Gasteiger partial charge in [-0.25, -0.2) is 13.2 Å². The monoisotopic (exact) mass is 332 g/mol. The normalized spacial score (nSPS) is 11.7. The van der Waals surface area contributed by atoms with Gasteiger partial charge in [-0.2, -0.15) is 0 Å². The van der Waals surface area contributed by atoms with E-state index in [4.69, 9.17) is 23.2 Å². The summed E-state index contributed by atoms with van der Waals surface area (Å²) in [5, 5.41) is 0. The Labute approximate surface area is 131 Å². The molecule has 0 spiro atoms. The van der Waals surface area contributed by atoms with E-state index in [1.807, 2.05) is 0 Å². The first-order valence-corrected chi connectivity index (χ1v) is 7.39. The number of alkyl halides is 2. The van der Waals surface area contributed by atoms with Gasteiger partial charge in [0.05, 0.1) is 0 Å². The Morgan fingerprint density at radius 1 is 0.857 bits per heavy atom. The number of halogens is 5. The van der Waals surface area contributed by atoms with Crippen LogP contribution in [0.4, 0.5) is 13.2 Å². The molecule has 0 unspecified atom stereocenters. The topological polar surface area (TPSA) is 0 Å². The lowest BCUT2D eigenvalue weighted by molar-refractivity contribution is 0.487. The van der Waals surface area contributed by atoms with Crippen LogP contribution in [0.2, 0.25) is 0 Å². The zero-order chi connectivity index (χ0) is 15.5. The van der Waals surface area contributed by atoms with E-state index in [-0.39, 0.29) is 18.2 Å². The Morgan fingerprint density at radius 3 is 1.95 bits per heavy atom. The van der Waals surface area contributed by atoms with Crippen molar-refractivity contribution in [1.82, 2.24) is 0 Å². The number of hydrogen-bond acceptors (Lipinski definition) is 0. The molecule has 0 atom stereocenters. The summed E-state index contributed by atoms with van der Waals surface area (Å²) in [7, 11) is 0. The molecule has 5 heteroatoms. The lowest BCUT2D eigenvalue weighted by Gasteiger charge is -2.30. The highest BCUT2D eigenvalue weighted by atomic mass is 35.5. The SMILES string of the molecule is Fc1cc(F)cc(CC(CCl)(CCl)c2ccccc2F)c1. The molecular weight excluding hydrogens is 320 g/mol. The van der Waals surface area contributed by atoms with Gasteiger partial charge in [-0.05, 0) is 35.7 Å². The smallest absolute Gasteiger partial charge is 0.127 e. The molecule has 0 saturated carbocycles. The lowest BCUT2D eigenvalue weighted by Crippen LogP contribution is -2.34. The van der Waals surface area contributed by atoms with Crippen molar-refractivity contribution in [3.05, 3.63) is 71.0 Å². The molecule has 21 heavy (non-hydrogen) atoms. The predicted molar refractivity (Wildman–Crippen MR) is 79.6 cm³/mol. The van der Waals surface area contributed by atoms with E-state index in [1.54, 1.807) is 18.2 Å². The van der Waals surface area contributed by atoms with Gasteiger partial charge in [0.1, 0.15) is 17.5 Å². The molecule has 0 bridgehead atoms. The van der Waals surface area contributed by atoms with Gasteiger partial charge in [-0.15, -0.1) is 23.2 Å². The Bertz CT molecular complexity index is 604. The number of hydrogen-bond donors (Lipinski definition) is 0. The van der Waals surface area contributed by atoms with E-state index >= 15 is 0 Å². The van der Waals surface area contributed by atoms with Crippen LogP contribution in [0.5, 0.6) is 0 Å². The molecule has 0 aliphatic heterocycles. The van der Waals surface area contributed by atoms with Crippen molar-refractivity contribution in [3.8, 4) is 0 Å². The Morgan fingerprint density at radius 2 is 1.43 bits per heavy atom. The maximum absolute atomic E-state index is 14.1. The van der Waals surface area contributed by atoms with Gasteiger partial charge in [0, 0.05) is 23.2 Å². The summed E-state index contributed by atoms with van der Waals surface area (Å²) in [6.07, 6.45) is 0.148. The van der Waals surface area contributed by atoms with Crippen molar-refractivity contribution in [2.24, 2.45) is 0 Å². The average molecular weight is 333 g/mol. The second-order valence-electron chi connectivity index (χ2n) is 4.98. The maximum atomic E-state index is 14.1. The third-order valence-corrected chi connectivity index (χ3v) is 4.44. The van der Waals surface area contributed by atoms with E-state index in [0.717, 1.165) is 6.07 Å². The minimum absolute atomic E-state index is 0.0373. The summed E-state index contributed by atoms with van der Waals surface area (Å²) >= 11 is 12.0. The number of rotatable bonds is 5. The molecule has 0 aliphatic carbocycles. The summed E-state index contributed by atoms with van der Waals surface area (Å²) in [5.41, 5.74) is -0.189. The molecule has 0 nitrogen and oxygen atoms in total. The van der Waals surface area contributed by atoms with Crippen molar-refractivity contribution < 1.29 is 13.2 Å². The van der Waals surface area contributed by atoms with Crippen LogP contribution >= 0.6 is 23.2 Å². The second-order valence-corrected chi connectivity index (χ2v) is 5.52. The molecule has 0 amide bonds. The summed E-state index contributed by atoms with van der Waals surface area (Å²) in [5.74, 6) is -1.73. The summed E-state index contributed by atoms with van der Waals surface area (Å²) < 4.78 is 40.7. The van der Waals surface area contributed by atoms with Crippen LogP contribution in [0.1, 0.15) is 11.1 Å². The van der Waals surface area contributed by atoms with Crippen molar-refractivity contribution in [2.75, 3.05) is 11.8 Å². The first kappa shape index (κ1) is 16.2. The van der Waals surface area contributed by atoms with Crippen LogP contribution in [0.3, 0.4) is 0 Å². The fraction of sp³-hybridized carbons (Fsp3) is 0.250. The third-order valence-electron chi connectivity index (χ3n) is 3.42. The molecule has 0 aromatic heterocycles. The molecule has 0 radical (unpaired) electrons. The lowest BCUT2D eigenvalue weighted by atomic mass is 9.78. The van der Waals surface area contributed by atoms with Gasteiger partial charge in [0.25, 0.3) is 0 Å². The molecule has 0 N–H and O–H groups in total. The van der Waals surface area contributed by atoms with E-state index in [0.29, 0.717) is 11.1 Å². The summed E-state index contributed by atoms with van der Waals surface area (Å²) in [4.78, 5) is 0. The highest BCUT2D eigenvalue weighted by Gasteiger charge is 2.33. The van der Waals surface area contributed by atoms with Gasteiger partial charge >= 0.3 is 0 Å². The van der Waals surface area contributed by atoms with Crippen LogP contribution in [0, 0.1) is 17.5 Å². The molecule has 0 heterocycles. The summed E-state index contributed by atoms with van der Waals surface area (Å²) in [6.45, 7) is 0. The predicted octanol–water partition coefficient (Wildman–Crippen LogP) is 5.06. The zero-order valence-corrected chi connectivity index (χ0v) is 12.6. The van der Waals surface area contributed by atoms with Crippen LogP contribution in [0.25, 0.3) is 0 Å². The highest BCUT2D eigenvalue weighted by molar-refractivity contribution is 6.22. The van der Waals surface area contributed by atoms with Crippen molar-refractivity contribution in [3.63, 3.8) is 0 Å². The van der Waals surface area contributed by atoms with E-state index < -0.39 is 22.9 Å². The molecule has 2 rings (SSSR count). The molecular formula is C16H13Cl2F3. The maximum Gasteiger partial charge on any atom is 0.127 e. The number of benzene rings is 2. The Balaban J connectivity index is 2.45. The standard InChI is InChI=1S/C16H13Cl2F3/c17-9-16(10-18,14-3-1-2-4-15(14)21)8-11-5-12(19)7-13(20)6-11/h1-7H,8-10H2. The minimum atomic E-state index is -0.922. The highest BCUT2D eigenvalue weighted by Crippen LogP contribution is 2.33. The Hall–Kier alpha value is -1.19. The van der Waals surface area contributed by atoms with Gasteiger partial charge in [-0.3, -0.25) is 0 Å². The van der Waals surface area contributed by atoms with Crippen molar-refractivity contribution >= 4 is 23.2 Å². The third kappa shape index (κ3) is 3.53. The second kappa shape index (κ2) is 6.71. The van der Waals surface area contributed by atoms with E-state index in [2.05, 4.69) is 0 Å².